The van der Waals surface area contributed by atoms with E-state index in [-0.39, 0.29) is 23.7 Å². The fraction of sp³-hybridized carbons (Fsp3) is 0.182. The molecular formula is C22H20F2N2O4S2. The van der Waals surface area contributed by atoms with Gasteiger partial charge in [0.05, 0.1) is 10.6 Å². The fourth-order valence-electron chi connectivity index (χ4n) is 3.57. The van der Waals surface area contributed by atoms with Gasteiger partial charge in [0, 0.05) is 18.8 Å². The summed E-state index contributed by atoms with van der Waals surface area (Å²) in [6.07, 6.45) is 0.471. The summed E-state index contributed by atoms with van der Waals surface area (Å²) >= 11 is 0. The molecule has 1 N–H and O–H groups in total. The van der Waals surface area contributed by atoms with Crippen LogP contribution in [0.2, 0.25) is 0 Å². The number of rotatable bonds is 6. The van der Waals surface area contributed by atoms with E-state index >= 15 is 0 Å². The van der Waals surface area contributed by atoms with Crippen molar-refractivity contribution in [1.29, 1.82) is 0 Å². The van der Waals surface area contributed by atoms with Crippen LogP contribution in [0.25, 0.3) is 0 Å². The molecule has 0 saturated carbocycles. The Balaban J connectivity index is 1.52. The van der Waals surface area contributed by atoms with Gasteiger partial charge in [0.15, 0.2) is 0 Å². The second-order valence-corrected chi connectivity index (χ2v) is 11.2. The van der Waals surface area contributed by atoms with Gasteiger partial charge in [0.25, 0.3) is 0 Å². The molecule has 0 unspecified atom stereocenters. The lowest BCUT2D eigenvalue weighted by molar-refractivity contribution is 0.391. The van der Waals surface area contributed by atoms with Crippen LogP contribution in [0.5, 0.6) is 0 Å². The van der Waals surface area contributed by atoms with E-state index in [1.165, 1.54) is 40.7 Å². The monoisotopic (exact) mass is 478 g/mol. The molecule has 0 aliphatic carbocycles. The Hall–Kier alpha value is -2.82. The molecule has 0 fully saturated rings. The second-order valence-electron chi connectivity index (χ2n) is 7.51. The summed E-state index contributed by atoms with van der Waals surface area (Å²) < 4.78 is 80.9. The zero-order chi connectivity index (χ0) is 22.9. The molecule has 6 nitrogen and oxygen atoms in total. The van der Waals surface area contributed by atoms with Crippen molar-refractivity contribution in [2.75, 3.05) is 11.3 Å². The van der Waals surface area contributed by atoms with Gasteiger partial charge in [-0.1, -0.05) is 18.2 Å². The number of hydrogen-bond donors (Lipinski definition) is 1. The van der Waals surface area contributed by atoms with Gasteiger partial charge in [-0.15, -0.1) is 0 Å². The minimum atomic E-state index is -3.82. The highest BCUT2D eigenvalue weighted by Crippen LogP contribution is 2.27. The molecule has 0 saturated heterocycles. The van der Waals surface area contributed by atoms with E-state index in [0.29, 0.717) is 23.2 Å². The van der Waals surface area contributed by atoms with Crippen molar-refractivity contribution >= 4 is 25.7 Å². The van der Waals surface area contributed by atoms with Crippen molar-refractivity contribution in [1.82, 2.24) is 4.31 Å². The van der Waals surface area contributed by atoms with Crippen molar-refractivity contribution in [2.45, 2.75) is 23.6 Å². The van der Waals surface area contributed by atoms with Crippen LogP contribution in [-0.4, -0.2) is 27.7 Å². The van der Waals surface area contributed by atoms with E-state index in [1.54, 1.807) is 18.2 Å². The van der Waals surface area contributed by atoms with Gasteiger partial charge in [-0.2, -0.15) is 4.31 Å². The molecule has 32 heavy (non-hydrogen) atoms. The van der Waals surface area contributed by atoms with Crippen LogP contribution in [0.15, 0.2) is 71.6 Å². The van der Waals surface area contributed by atoms with E-state index in [1.807, 2.05) is 0 Å². The third kappa shape index (κ3) is 4.98. The molecule has 0 radical (unpaired) electrons. The average Bonchev–Trinajstić information content (AvgIpc) is 2.74. The first-order chi connectivity index (χ1) is 15.1. The van der Waals surface area contributed by atoms with Crippen molar-refractivity contribution in [3.05, 3.63) is 95.1 Å². The maximum absolute atomic E-state index is 13.2. The molecule has 0 bridgehead atoms. The third-order valence-corrected chi connectivity index (χ3v) is 8.30. The quantitative estimate of drug-likeness (QED) is 0.586. The fourth-order valence-corrected chi connectivity index (χ4v) is 6.18. The smallest absolute Gasteiger partial charge is 0.243 e. The van der Waals surface area contributed by atoms with Crippen LogP contribution in [0.4, 0.5) is 14.5 Å². The van der Waals surface area contributed by atoms with Crippen LogP contribution >= 0.6 is 0 Å². The highest BCUT2D eigenvalue weighted by Gasteiger charge is 2.28. The Morgan fingerprint density at radius 1 is 0.812 bits per heavy atom. The number of halogens is 2. The van der Waals surface area contributed by atoms with Gasteiger partial charge in [-0.05, 0) is 71.6 Å². The lowest BCUT2D eigenvalue weighted by Crippen LogP contribution is -2.36. The summed E-state index contributed by atoms with van der Waals surface area (Å²) in [6, 6.07) is 14.8. The Morgan fingerprint density at radius 2 is 1.44 bits per heavy atom. The molecule has 0 amide bonds. The van der Waals surface area contributed by atoms with Gasteiger partial charge in [-0.3, -0.25) is 4.72 Å². The van der Waals surface area contributed by atoms with Gasteiger partial charge in [0.1, 0.15) is 11.6 Å². The zero-order valence-electron chi connectivity index (χ0n) is 16.8. The molecule has 3 aromatic carbocycles. The van der Waals surface area contributed by atoms with Crippen molar-refractivity contribution < 1.29 is 25.6 Å². The van der Waals surface area contributed by atoms with E-state index in [9.17, 15) is 25.6 Å². The molecular weight excluding hydrogens is 458 g/mol. The minimum absolute atomic E-state index is 0.00138. The zero-order valence-corrected chi connectivity index (χ0v) is 18.5. The summed E-state index contributed by atoms with van der Waals surface area (Å²) in [6.45, 7) is 0.338. The molecule has 3 aromatic rings. The molecule has 0 spiro atoms. The average molecular weight is 479 g/mol. The first kappa shape index (κ1) is 22.4. The van der Waals surface area contributed by atoms with Crippen LogP contribution < -0.4 is 4.72 Å². The number of nitrogens with zero attached hydrogens (tertiary/aromatic N) is 1. The predicted molar refractivity (Wildman–Crippen MR) is 117 cm³/mol. The van der Waals surface area contributed by atoms with Crippen LogP contribution in [0.3, 0.4) is 0 Å². The van der Waals surface area contributed by atoms with E-state index < -0.39 is 31.7 Å². The Bertz CT molecular complexity index is 1340. The molecule has 168 valence electrons. The topological polar surface area (TPSA) is 83.6 Å². The normalized spacial score (nSPS) is 14.7. The van der Waals surface area contributed by atoms with Crippen molar-refractivity contribution in [3.8, 4) is 0 Å². The first-order valence-electron chi connectivity index (χ1n) is 9.75. The summed E-state index contributed by atoms with van der Waals surface area (Å²) in [5, 5.41) is 0. The highest BCUT2D eigenvalue weighted by atomic mass is 32.2. The Labute approximate surface area is 185 Å². The van der Waals surface area contributed by atoms with Crippen LogP contribution in [-0.2, 0) is 38.8 Å². The van der Waals surface area contributed by atoms with E-state index in [2.05, 4.69) is 4.72 Å². The number of fused-ring (bicyclic) bond motifs is 1. The van der Waals surface area contributed by atoms with Crippen LogP contribution in [0.1, 0.15) is 16.7 Å². The Morgan fingerprint density at radius 3 is 2.09 bits per heavy atom. The molecule has 10 heteroatoms. The van der Waals surface area contributed by atoms with Crippen LogP contribution in [0, 0.1) is 11.6 Å². The molecule has 0 aromatic heterocycles. The van der Waals surface area contributed by atoms with Crippen molar-refractivity contribution in [2.24, 2.45) is 0 Å². The number of sulfonamides is 2. The van der Waals surface area contributed by atoms with Gasteiger partial charge in [0.2, 0.25) is 20.0 Å². The van der Waals surface area contributed by atoms with Gasteiger partial charge < -0.3 is 0 Å². The summed E-state index contributed by atoms with van der Waals surface area (Å²) in [7, 11) is -7.57. The maximum atomic E-state index is 13.2. The SMILES string of the molecule is O=S(=O)(Cc1ccc(F)cc1)Nc1ccc2c(c1)CN(S(=O)(=O)c1ccc(F)cc1)CC2. The molecule has 1 aliphatic rings. The number of anilines is 1. The molecule has 4 rings (SSSR count). The minimum Gasteiger partial charge on any atom is -0.283 e. The lowest BCUT2D eigenvalue weighted by Gasteiger charge is -2.28. The first-order valence-corrected chi connectivity index (χ1v) is 12.8. The molecule has 1 heterocycles. The lowest BCUT2D eigenvalue weighted by atomic mass is 10.0. The molecule has 0 atom stereocenters. The third-order valence-electron chi connectivity index (χ3n) is 5.18. The van der Waals surface area contributed by atoms with E-state index in [0.717, 1.165) is 17.7 Å². The van der Waals surface area contributed by atoms with Gasteiger partial charge >= 0.3 is 0 Å². The summed E-state index contributed by atoms with van der Waals surface area (Å²) in [5.41, 5.74) is 2.36. The van der Waals surface area contributed by atoms with Crippen molar-refractivity contribution in [3.63, 3.8) is 0 Å². The largest absolute Gasteiger partial charge is 0.283 e. The predicted octanol–water partition coefficient (Wildman–Crippen LogP) is 3.65. The van der Waals surface area contributed by atoms with Gasteiger partial charge in [-0.25, -0.2) is 25.6 Å². The summed E-state index contributed by atoms with van der Waals surface area (Å²) in [5.74, 6) is -1.30. The second kappa shape index (κ2) is 8.61. The maximum Gasteiger partial charge on any atom is 0.243 e. The number of hydrogen-bond acceptors (Lipinski definition) is 4. The number of nitrogens with one attached hydrogen (secondary N) is 1. The number of benzene rings is 3. The standard InChI is InChI=1S/C22H20F2N2O4S2/c23-19-4-1-16(2-5-19)15-31(27,28)25-21-8-3-17-11-12-26(14-18(17)13-21)32(29,30)22-9-6-20(24)7-10-22/h1-10,13,25H,11-12,14-15H2. The van der Waals surface area contributed by atoms with E-state index in [4.69, 9.17) is 0 Å². The highest BCUT2D eigenvalue weighted by molar-refractivity contribution is 7.91. The summed E-state index contributed by atoms with van der Waals surface area (Å²) in [4.78, 5) is -0.00138. The Kier molecular flexibility index (Phi) is 6.02. The molecule has 1 aliphatic heterocycles.